The number of hydrogen-bond acceptors (Lipinski definition) is 3. The number of carbonyl (C=O) groups excluding carboxylic acids is 1. The molecule has 0 saturated carbocycles. The van der Waals surface area contributed by atoms with Gasteiger partial charge in [0.05, 0.1) is 19.2 Å². The topological polar surface area (TPSA) is 51.2 Å². The third-order valence-electron chi connectivity index (χ3n) is 2.72. The van der Waals surface area contributed by atoms with Crippen molar-refractivity contribution < 1.29 is 9.53 Å². The number of nitrogens with zero attached hydrogens (tertiary/aromatic N) is 1. The minimum Gasteiger partial charge on any atom is -0.495 e. The molecule has 1 aromatic carbocycles. The number of methoxy groups -OCH3 is 1. The molecule has 0 atom stereocenters. The highest BCUT2D eigenvalue weighted by atomic mass is 16.5. The zero-order valence-corrected chi connectivity index (χ0v) is 11.0. The Kier molecular flexibility index (Phi) is 4.13. The lowest BCUT2D eigenvalue weighted by molar-refractivity contribution is -0.115. The minimum atomic E-state index is -0.0862. The normalized spacial score (nSPS) is 10.0. The Bertz CT molecular complexity index is 568. The number of anilines is 1. The van der Waals surface area contributed by atoms with E-state index in [0.29, 0.717) is 17.9 Å². The fraction of sp³-hybridized carbons (Fsp3) is 0.200. The predicted molar refractivity (Wildman–Crippen MR) is 74.3 cm³/mol. The van der Waals surface area contributed by atoms with Crippen LogP contribution in [0.15, 0.2) is 42.7 Å². The summed E-state index contributed by atoms with van der Waals surface area (Å²) in [5, 5.41) is 2.86. The summed E-state index contributed by atoms with van der Waals surface area (Å²) in [6.07, 6.45) is 3.67. The van der Waals surface area contributed by atoms with Crippen molar-refractivity contribution >= 4 is 11.6 Å². The van der Waals surface area contributed by atoms with Gasteiger partial charge in [-0.25, -0.2) is 0 Å². The zero-order chi connectivity index (χ0) is 13.7. The second kappa shape index (κ2) is 6.00. The number of rotatable bonds is 4. The molecule has 0 saturated heterocycles. The number of ether oxygens (including phenoxy) is 1. The maximum Gasteiger partial charge on any atom is 0.228 e. The molecule has 2 aromatic rings. The van der Waals surface area contributed by atoms with Crippen LogP contribution in [0.25, 0.3) is 0 Å². The van der Waals surface area contributed by atoms with Gasteiger partial charge in [0.2, 0.25) is 5.91 Å². The first-order chi connectivity index (χ1) is 9.19. The van der Waals surface area contributed by atoms with Crippen LogP contribution < -0.4 is 10.1 Å². The second-order valence-electron chi connectivity index (χ2n) is 4.29. The molecule has 0 aliphatic heterocycles. The van der Waals surface area contributed by atoms with E-state index in [9.17, 15) is 4.79 Å². The van der Waals surface area contributed by atoms with Gasteiger partial charge >= 0.3 is 0 Å². The van der Waals surface area contributed by atoms with E-state index in [2.05, 4.69) is 10.3 Å². The molecule has 0 aliphatic rings. The Balaban J connectivity index is 2.09. The van der Waals surface area contributed by atoms with Crippen molar-refractivity contribution in [3.05, 3.63) is 53.9 Å². The summed E-state index contributed by atoms with van der Waals surface area (Å²) in [5.41, 5.74) is 2.64. The Labute approximate surface area is 112 Å². The van der Waals surface area contributed by atoms with Crippen molar-refractivity contribution in [1.29, 1.82) is 0 Å². The molecule has 0 spiro atoms. The molecule has 0 fully saturated rings. The van der Waals surface area contributed by atoms with Gasteiger partial charge in [0.1, 0.15) is 5.75 Å². The van der Waals surface area contributed by atoms with E-state index in [-0.39, 0.29) is 5.91 Å². The van der Waals surface area contributed by atoms with Gasteiger partial charge in [-0.15, -0.1) is 0 Å². The van der Waals surface area contributed by atoms with E-state index in [1.807, 2.05) is 37.3 Å². The Morgan fingerprint density at radius 1 is 1.37 bits per heavy atom. The average molecular weight is 256 g/mol. The standard InChI is InChI=1S/C15H16N2O2/c1-11-5-6-14(19-2)13(8-11)17-15(18)9-12-4-3-7-16-10-12/h3-8,10H,9H2,1-2H3,(H,17,18). The molecule has 1 amide bonds. The monoisotopic (exact) mass is 256 g/mol. The van der Waals surface area contributed by atoms with Crippen LogP contribution in [-0.2, 0) is 11.2 Å². The summed E-state index contributed by atoms with van der Waals surface area (Å²) >= 11 is 0. The number of hydrogen-bond donors (Lipinski definition) is 1. The SMILES string of the molecule is COc1ccc(C)cc1NC(=O)Cc1cccnc1. The van der Waals surface area contributed by atoms with Crippen LogP contribution in [0.2, 0.25) is 0 Å². The van der Waals surface area contributed by atoms with Crippen LogP contribution in [0.3, 0.4) is 0 Å². The van der Waals surface area contributed by atoms with Crippen LogP contribution in [-0.4, -0.2) is 18.0 Å². The summed E-state index contributed by atoms with van der Waals surface area (Å²) in [7, 11) is 1.58. The van der Waals surface area contributed by atoms with Crippen LogP contribution >= 0.6 is 0 Å². The summed E-state index contributed by atoms with van der Waals surface area (Å²) in [6.45, 7) is 1.97. The first-order valence-corrected chi connectivity index (χ1v) is 6.02. The Morgan fingerprint density at radius 2 is 2.21 bits per heavy atom. The third-order valence-corrected chi connectivity index (χ3v) is 2.72. The predicted octanol–water partition coefficient (Wildman–Crippen LogP) is 2.58. The molecular formula is C15H16N2O2. The highest BCUT2D eigenvalue weighted by molar-refractivity contribution is 5.93. The largest absolute Gasteiger partial charge is 0.495 e. The van der Waals surface area contributed by atoms with E-state index in [4.69, 9.17) is 4.74 Å². The molecular weight excluding hydrogens is 240 g/mol. The van der Waals surface area contributed by atoms with E-state index < -0.39 is 0 Å². The molecule has 1 aromatic heterocycles. The minimum absolute atomic E-state index is 0.0862. The van der Waals surface area contributed by atoms with Gasteiger partial charge in [0.15, 0.2) is 0 Å². The maximum absolute atomic E-state index is 12.0. The van der Waals surface area contributed by atoms with Gasteiger partial charge in [0.25, 0.3) is 0 Å². The maximum atomic E-state index is 12.0. The number of benzene rings is 1. The van der Waals surface area contributed by atoms with Crippen molar-refractivity contribution in [2.24, 2.45) is 0 Å². The van der Waals surface area contributed by atoms with E-state index in [0.717, 1.165) is 11.1 Å². The van der Waals surface area contributed by atoms with Gasteiger partial charge in [-0.05, 0) is 36.2 Å². The van der Waals surface area contributed by atoms with Gasteiger partial charge in [0, 0.05) is 12.4 Å². The molecule has 1 N–H and O–H groups in total. The molecule has 4 nitrogen and oxygen atoms in total. The van der Waals surface area contributed by atoms with Crippen molar-refractivity contribution in [2.75, 3.05) is 12.4 Å². The van der Waals surface area contributed by atoms with Crippen molar-refractivity contribution in [1.82, 2.24) is 4.98 Å². The zero-order valence-electron chi connectivity index (χ0n) is 11.0. The molecule has 4 heteroatoms. The van der Waals surface area contributed by atoms with Gasteiger partial charge in [-0.2, -0.15) is 0 Å². The third kappa shape index (κ3) is 3.55. The first kappa shape index (κ1) is 13.1. The van der Waals surface area contributed by atoms with Gasteiger partial charge < -0.3 is 10.1 Å². The highest BCUT2D eigenvalue weighted by Gasteiger charge is 2.08. The summed E-state index contributed by atoms with van der Waals surface area (Å²) in [5.74, 6) is 0.571. The average Bonchev–Trinajstić information content (AvgIpc) is 2.40. The number of aromatic nitrogens is 1. The van der Waals surface area contributed by atoms with E-state index >= 15 is 0 Å². The second-order valence-corrected chi connectivity index (χ2v) is 4.29. The molecule has 0 aliphatic carbocycles. The highest BCUT2D eigenvalue weighted by Crippen LogP contribution is 2.25. The van der Waals surface area contributed by atoms with Crippen LogP contribution in [0.4, 0.5) is 5.69 Å². The van der Waals surface area contributed by atoms with Crippen molar-refractivity contribution in [2.45, 2.75) is 13.3 Å². The summed E-state index contributed by atoms with van der Waals surface area (Å²) in [6, 6.07) is 9.36. The van der Waals surface area contributed by atoms with Crippen LogP contribution in [0.5, 0.6) is 5.75 Å². The van der Waals surface area contributed by atoms with E-state index in [1.54, 1.807) is 19.5 Å². The molecule has 0 radical (unpaired) electrons. The summed E-state index contributed by atoms with van der Waals surface area (Å²) in [4.78, 5) is 16.0. The molecule has 98 valence electrons. The molecule has 19 heavy (non-hydrogen) atoms. The fourth-order valence-corrected chi connectivity index (χ4v) is 1.80. The van der Waals surface area contributed by atoms with Crippen LogP contribution in [0.1, 0.15) is 11.1 Å². The van der Waals surface area contributed by atoms with E-state index in [1.165, 1.54) is 0 Å². The number of amides is 1. The summed E-state index contributed by atoms with van der Waals surface area (Å²) < 4.78 is 5.22. The Morgan fingerprint density at radius 3 is 2.89 bits per heavy atom. The smallest absolute Gasteiger partial charge is 0.228 e. The molecule has 0 unspecified atom stereocenters. The quantitative estimate of drug-likeness (QED) is 0.914. The van der Waals surface area contributed by atoms with Gasteiger partial charge in [-0.3, -0.25) is 9.78 Å². The lowest BCUT2D eigenvalue weighted by Crippen LogP contribution is -2.15. The van der Waals surface area contributed by atoms with Crippen molar-refractivity contribution in [3.63, 3.8) is 0 Å². The molecule has 1 heterocycles. The lowest BCUT2D eigenvalue weighted by Gasteiger charge is -2.11. The number of pyridine rings is 1. The Hall–Kier alpha value is -2.36. The van der Waals surface area contributed by atoms with Crippen molar-refractivity contribution in [3.8, 4) is 5.75 Å². The fourth-order valence-electron chi connectivity index (χ4n) is 1.80. The molecule has 0 bridgehead atoms. The first-order valence-electron chi connectivity index (χ1n) is 6.02. The molecule has 2 rings (SSSR count). The number of carbonyl (C=O) groups is 1. The van der Waals surface area contributed by atoms with Gasteiger partial charge in [-0.1, -0.05) is 12.1 Å². The number of nitrogens with one attached hydrogen (secondary N) is 1. The number of aryl methyl sites for hydroxylation is 1. The van der Waals surface area contributed by atoms with Crippen LogP contribution in [0, 0.1) is 6.92 Å². The lowest BCUT2D eigenvalue weighted by atomic mass is 10.2.